The third kappa shape index (κ3) is 10.6. The van der Waals surface area contributed by atoms with Gasteiger partial charge in [0.15, 0.2) is 0 Å². The lowest BCUT2D eigenvalue weighted by molar-refractivity contribution is 0.0588. The number of carbonyl (C=O) groups excluding carboxylic acids is 2. The lowest BCUT2D eigenvalue weighted by Gasteiger charge is -2.17. The fraction of sp³-hybridized carbons (Fsp3) is 0.438. The van der Waals surface area contributed by atoms with Crippen LogP contribution in [0.5, 0.6) is 0 Å². The molecular formula is C16H24N4O5. The van der Waals surface area contributed by atoms with Gasteiger partial charge in [0.25, 0.3) is 0 Å². The smallest absolute Gasteiger partial charge is 0.437 e. The summed E-state index contributed by atoms with van der Waals surface area (Å²) in [6.45, 7) is 5.59. The van der Waals surface area contributed by atoms with Crippen molar-refractivity contribution in [2.24, 2.45) is 10.7 Å². The van der Waals surface area contributed by atoms with Crippen LogP contribution in [0.3, 0.4) is 0 Å². The molecule has 0 heterocycles. The molecule has 2 amide bonds. The maximum absolute atomic E-state index is 11.5. The molecule has 0 unspecified atom stereocenters. The first-order valence-corrected chi connectivity index (χ1v) is 7.66. The second-order valence-electron chi connectivity index (χ2n) is 5.92. The molecule has 0 radical (unpaired) electrons. The molecule has 138 valence electrons. The molecule has 0 atom stereocenters. The minimum absolute atomic E-state index is 0.0883. The van der Waals surface area contributed by atoms with E-state index in [9.17, 15) is 9.59 Å². The lowest BCUT2D eigenvalue weighted by atomic mass is 10.2. The fourth-order valence-electron chi connectivity index (χ4n) is 1.51. The summed E-state index contributed by atoms with van der Waals surface area (Å²) < 4.78 is 9.97. The van der Waals surface area contributed by atoms with Crippen molar-refractivity contribution in [3.63, 3.8) is 0 Å². The van der Waals surface area contributed by atoms with Gasteiger partial charge in [0, 0.05) is 6.54 Å². The second-order valence-corrected chi connectivity index (χ2v) is 5.92. The molecule has 0 spiro atoms. The molecule has 0 bridgehead atoms. The number of hydrogen-bond donors (Lipinski definition) is 3. The number of ether oxygens (including phenoxy) is 2. The molecule has 0 saturated carbocycles. The van der Waals surface area contributed by atoms with Gasteiger partial charge in [-0.2, -0.15) is 0 Å². The number of benzene rings is 1. The van der Waals surface area contributed by atoms with Crippen LogP contribution in [0.1, 0.15) is 26.3 Å². The Morgan fingerprint density at radius 3 is 2.52 bits per heavy atom. The molecule has 0 aliphatic rings. The van der Waals surface area contributed by atoms with Crippen molar-refractivity contribution < 1.29 is 23.9 Å². The molecule has 0 saturated heterocycles. The summed E-state index contributed by atoms with van der Waals surface area (Å²) in [6.07, 6.45) is -1.40. The van der Waals surface area contributed by atoms with Crippen molar-refractivity contribution in [3.8, 4) is 0 Å². The van der Waals surface area contributed by atoms with Crippen molar-refractivity contribution in [2.75, 3.05) is 13.2 Å². The van der Waals surface area contributed by atoms with Crippen LogP contribution in [0.15, 0.2) is 35.3 Å². The number of nitrogens with zero attached hydrogens (tertiary/aromatic N) is 1. The van der Waals surface area contributed by atoms with Crippen LogP contribution >= 0.6 is 0 Å². The number of guanidine groups is 1. The van der Waals surface area contributed by atoms with E-state index in [1.54, 1.807) is 20.8 Å². The number of alkyl carbamates (subject to hydrolysis) is 1. The highest BCUT2D eigenvalue weighted by molar-refractivity contribution is 5.88. The lowest BCUT2D eigenvalue weighted by Crippen LogP contribution is -2.36. The number of aliphatic imine (C=N–C) groups is 1. The molecule has 1 aromatic carbocycles. The predicted octanol–water partition coefficient (Wildman–Crippen LogP) is 1.68. The van der Waals surface area contributed by atoms with Gasteiger partial charge in [-0.1, -0.05) is 30.3 Å². The third-order valence-corrected chi connectivity index (χ3v) is 2.47. The Bertz CT molecular complexity index is 584. The standard InChI is InChI=1S/C16H24N4O5/c1-16(2,3)25-15(22)19-13(17)20-24-10-9-18-14(21)23-11-12-7-5-4-6-8-12/h4-8H,9-11H2,1-3H3,(H,18,21)(H3,17,19,20,22). The van der Waals surface area contributed by atoms with E-state index in [1.165, 1.54) is 0 Å². The summed E-state index contributed by atoms with van der Waals surface area (Å²) in [7, 11) is 0. The fourth-order valence-corrected chi connectivity index (χ4v) is 1.51. The Hall–Kier alpha value is -2.81. The van der Waals surface area contributed by atoms with Crippen LogP contribution < -0.4 is 16.5 Å². The molecule has 0 aromatic heterocycles. The van der Waals surface area contributed by atoms with Crippen molar-refractivity contribution in [1.29, 1.82) is 0 Å². The molecule has 0 aliphatic carbocycles. The monoisotopic (exact) mass is 352 g/mol. The number of nitrogens with two attached hydrogens (primary N) is 1. The number of carbonyl (C=O) groups is 2. The Morgan fingerprint density at radius 1 is 1.20 bits per heavy atom. The molecule has 1 aromatic rings. The van der Waals surface area contributed by atoms with Gasteiger partial charge in [-0.25, -0.2) is 15.1 Å². The predicted molar refractivity (Wildman–Crippen MR) is 91.6 cm³/mol. The van der Waals surface area contributed by atoms with Gasteiger partial charge >= 0.3 is 12.2 Å². The third-order valence-electron chi connectivity index (χ3n) is 2.47. The topological polar surface area (TPSA) is 124 Å². The normalized spacial score (nSPS) is 11.6. The zero-order valence-corrected chi connectivity index (χ0v) is 14.6. The quantitative estimate of drug-likeness (QED) is 0.308. The minimum Gasteiger partial charge on any atom is -0.445 e. The van der Waals surface area contributed by atoms with Crippen LogP contribution in [0.4, 0.5) is 9.59 Å². The van der Waals surface area contributed by atoms with E-state index >= 15 is 0 Å². The van der Waals surface area contributed by atoms with Crippen molar-refractivity contribution >= 4 is 18.1 Å². The van der Waals surface area contributed by atoms with E-state index in [2.05, 4.69) is 15.8 Å². The van der Waals surface area contributed by atoms with E-state index in [4.69, 9.17) is 20.0 Å². The van der Waals surface area contributed by atoms with Crippen LogP contribution in [-0.4, -0.2) is 36.9 Å². The van der Waals surface area contributed by atoms with E-state index in [-0.39, 0.29) is 25.7 Å². The Morgan fingerprint density at radius 2 is 1.88 bits per heavy atom. The summed E-state index contributed by atoms with van der Waals surface area (Å²) >= 11 is 0. The number of hydroxylamine groups is 1. The molecule has 1 rings (SSSR count). The first-order valence-electron chi connectivity index (χ1n) is 7.66. The molecule has 9 nitrogen and oxygen atoms in total. The summed E-state index contributed by atoms with van der Waals surface area (Å²) in [6, 6.07) is 9.31. The minimum atomic E-state index is -0.830. The number of hydrogen-bond acceptors (Lipinski definition) is 5. The molecule has 4 N–H and O–H groups in total. The van der Waals surface area contributed by atoms with Crippen molar-refractivity contribution in [3.05, 3.63) is 35.9 Å². The van der Waals surface area contributed by atoms with Gasteiger partial charge in [0.05, 0.1) is 6.61 Å². The maximum Gasteiger partial charge on any atom is 0.437 e. The van der Waals surface area contributed by atoms with Crippen LogP contribution in [0.25, 0.3) is 0 Å². The van der Waals surface area contributed by atoms with Gasteiger partial charge in [0.2, 0.25) is 5.96 Å². The van der Waals surface area contributed by atoms with Gasteiger partial charge in [0.1, 0.15) is 12.2 Å². The molecular weight excluding hydrogens is 328 g/mol. The molecule has 9 heteroatoms. The zero-order valence-electron chi connectivity index (χ0n) is 14.6. The van der Waals surface area contributed by atoms with E-state index in [1.807, 2.05) is 30.3 Å². The Balaban J connectivity index is 2.12. The largest absolute Gasteiger partial charge is 0.445 e. The first-order chi connectivity index (χ1) is 11.8. The van der Waals surface area contributed by atoms with E-state index < -0.39 is 17.8 Å². The highest BCUT2D eigenvalue weighted by atomic mass is 16.6. The summed E-state index contributed by atoms with van der Waals surface area (Å²) in [5.74, 6) is -0.249. The molecule has 0 fully saturated rings. The van der Waals surface area contributed by atoms with Crippen LogP contribution in [0, 0.1) is 0 Å². The number of amides is 2. The second kappa shape index (κ2) is 10.1. The van der Waals surface area contributed by atoms with Gasteiger partial charge in [-0.05, 0) is 26.3 Å². The van der Waals surface area contributed by atoms with Gasteiger partial charge < -0.3 is 20.5 Å². The Kier molecular flexibility index (Phi) is 8.21. The van der Waals surface area contributed by atoms with Crippen LogP contribution in [0.2, 0.25) is 0 Å². The van der Waals surface area contributed by atoms with E-state index in [0.717, 1.165) is 5.56 Å². The van der Waals surface area contributed by atoms with Gasteiger partial charge in [-0.3, -0.25) is 4.84 Å². The summed E-state index contributed by atoms with van der Waals surface area (Å²) in [4.78, 5) is 31.2. The van der Waals surface area contributed by atoms with Gasteiger partial charge in [-0.15, -0.1) is 4.99 Å². The van der Waals surface area contributed by atoms with Crippen LogP contribution in [-0.2, 0) is 20.9 Å². The SMILES string of the molecule is CC(C)(C)OC(=O)/N=C(\N)NOCCNC(=O)OCc1ccccc1. The van der Waals surface area contributed by atoms with E-state index in [0.29, 0.717) is 0 Å². The molecule has 0 aliphatic heterocycles. The first kappa shape index (κ1) is 20.2. The summed E-state index contributed by atoms with van der Waals surface area (Å²) in [5, 5.41) is 2.50. The Labute approximate surface area is 146 Å². The molecule has 25 heavy (non-hydrogen) atoms. The van der Waals surface area contributed by atoms with Crippen molar-refractivity contribution in [1.82, 2.24) is 10.8 Å². The summed E-state index contributed by atoms with van der Waals surface area (Å²) in [5.41, 5.74) is 7.94. The highest BCUT2D eigenvalue weighted by Crippen LogP contribution is 2.07. The van der Waals surface area contributed by atoms with Crippen molar-refractivity contribution in [2.45, 2.75) is 33.0 Å². The highest BCUT2D eigenvalue weighted by Gasteiger charge is 2.15. The average molecular weight is 352 g/mol. The average Bonchev–Trinajstić information content (AvgIpc) is 2.51. The zero-order chi connectivity index (χ0) is 18.7. The maximum atomic E-state index is 11.5. The number of rotatable bonds is 6. The number of nitrogens with one attached hydrogen (secondary N) is 2.